The Hall–Kier alpha value is -1.19. The molecule has 0 aliphatic carbocycles. The molecule has 0 bridgehead atoms. The standard InChI is InChI=1S/C4H8O.CH4N2O/c1-3-5-4-2;2-1(3)4/h3H,1,4H2,2H3;(H4,2,3,4). The van der Waals surface area contributed by atoms with Crippen LogP contribution in [0.3, 0.4) is 0 Å². The van der Waals surface area contributed by atoms with Gasteiger partial charge in [-0.1, -0.05) is 6.58 Å². The number of carbonyl (C=O) groups is 1. The molecular weight excluding hydrogens is 120 g/mol. The Bertz CT molecular complexity index is 79.0. The fourth-order valence-electron chi connectivity index (χ4n) is 0.118. The predicted molar refractivity (Wildman–Crippen MR) is 35.6 cm³/mol. The first-order valence-corrected chi connectivity index (χ1v) is 2.42. The van der Waals surface area contributed by atoms with Crippen molar-refractivity contribution in [3.63, 3.8) is 0 Å². The summed E-state index contributed by atoms with van der Waals surface area (Å²) >= 11 is 0. The van der Waals surface area contributed by atoms with Gasteiger partial charge in [0.1, 0.15) is 0 Å². The van der Waals surface area contributed by atoms with Gasteiger partial charge in [0.2, 0.25) is 0 Å². The zero-order valence-corrected chi connectivity index (χ0v) is 5.46. The Morgan fingerprint density at radius 1 is 1.78 bits per heavy atom. The molecule has 0 aliphatic rings. The molecule has 0 saturated carbocycles. The molecular formula is C5H12N2O2. The van der Waals surface area contributed by atoms with Gasteiger partial charge in [0.15, 0.2) is 0 Å². The van der Waals surface area contributed by atoms with Crippen LogP contribution in [0.1, 0.15) is 6.92 Å². The lowest BCUT2D eigenvalue weighted by Crippen LogP contribution is -2.18. The average molecular weight is 132 g/mol. The number of urea groups is 1. The smallest absolute Gasteiger partial charge is 0.309 e. The average Bonchev–Trinajstić information content (AvgIpc) is 1.66. The van der Waals surface area contributed by atoms with Crippen molar-refractivity contribution in [3.05, 3.63) is 12.8 Å². The van der Waals surface area contributed by atoms with Gasteiger partial charge in [0, 0.05) is 0 Å². The van der Waals surface area contributed by atoms with Crippen molar-refractivity contribution in [2.24, 2.45) is 11.5 Å². The summed E-state index contributed by atoms with van der Waals surface area (Å²) in [6.45, 7) is 5.97. The maximum atomic E-state index is 9.00. The summed E-state index contributed by atoms with van der Waals surface area (Å²) < 4.78 is 4.60. The summed E-state index contributed by atoms with van der Waals surface area (Å²) in [4.78, 5) is 9.00. The van der Waals surface area contributed by atoms with Crippen molar-refractivity contribution in [1.82, 2.24) is 0 Å². The van der Waals surface area contributed by atoms with Crippen LogP contribution in [0, 0.1) is 0 Å². The van der Waals surface area contributed by atoms with Crippen molar-refractivity contribution >= 4 is 6.03 Å². The van der Waals surface area contributed by atoms with E-state index in [-0.39, 0.29) is 0 Å². The van der Waals surface area contributed by atoms with Gasteiger partial charge in [-0.3, -0.25) is 0 Å². The lowest BCUT2D eigenvalue weighted by molar-refractivity contribution is 0.256. The predicted octanol–water partition coefficient (Wildman–Crippen LogP) is 0.190. The van der Waals surface area contributed by atoms with Crippen LogP contribution < -0.4 is 11.5 Å². The number of nitrogens with two attached hydrogens (primary N) is 2. The molecule has 4 nitrogen and oxygen atoms in total. The number of hydrogen-bond donors (Lipinski definition) is 2. The van der Waals surface area contributed by atoms with E-state index in [4.69, 9.17) is 4.79 Å². The Balaban J connectivity index is 0. The molecule has 0 aromatic heterocycles. The van der Waals surface area contributed by atoms with Crippen LogP contribution in [0.15, 0.2) is 12.8 Å². The highest BCUT2D eigenvalue weighted by Gasteiger charge is 1.60. The molecule has 2 amide bonds. The summed E-state index contributed by atoms with van der Waals surface area (Å²) in [5.41, 5.74) is 8.50. The summed E-state index contributed by atoms with van der Waals surface area (Å²) in [5, 5.41) is 0. The number of carbonyl (C=O) groups excluding carboxylic acids is 1. The van der Waals surface area contributed by atoms with E-state index in [1.807, 2.05) is 6.92 Å². The van der Waals surface area contributed by atoms with E-state index in [2.05, 4.69) is 22.8 Å². The molecule has 0 atom stereocenters. The molecule has 0 fully saturated rings. The molecule has 0 rings (SSSR count). The van der Waals surface area contributed by atoms with Crippen LogP contribution in [-0.4, -0.2) is 12.6 Å². The largest absolute Gasteiger partial charge is 0.502 e. The van der Waals surface area contributed by atoms with E-state index < -0.39 is 6.03 Å². The summed E-state index contributed by atoms with van der Waals surface area (Å²) in [7, 11) is 0. The Morgan fingerprint density at radius 3 is 2.11 bits per heavy atom. The van der Waals surface area contributed by atoms with Crippen LogP contribution in [0.5, 0.6) is 0 Å². The minimum Gasteiger partial charge on any atom is -0.502 e. The minimum absolute atomic E-state index is 0.726. The van der Waals surface area contributed by atoms with Crippen LogP contribution >= 0.6 is 0 Å². The van der Waals surface area contributed by atoms with Crippen LogP contribution in [0.25, 0.3) is 0 Å². The lowest BCUT2D eigenvalue weighted by Gasteiger charge is -1.84. The lowest BCUT2D eigenvalue weighted by atomic mass is 10.9. The first kappa shape index (κ1) is 10.7. The van der Waals surface area contributed by atoms with Gasteiger partial charge < -0.3 is 16.2 Å². The Morgan fingerprint density at radius 2 is 2.11 bits per heavy atom. The topological polar surface area (TPSA) is 78.3 Å². The third kappa shape index (κ3) is 240. The first-order valence-electron chi connectivity index (χ1n) is 2.42. The van der Waals surface area contributed by atoms with Crippen LogP contribution in [-0.2, 0) is 4.74 Å². The van der Waals surface area contributed by atoms with E-state index in [0.29, 0.717) is 0 Å². The number of ether oxygens (including phenoxy) is 1. The number of amides is 2. The summed E-state index contributed by atoms with van der Waals surface area (Å²) in [5.74, 6) is 0. The molecule has 0 aromatic carbocycles. The van der Waals surface area contributed by atoms with Gasteiger partial charge >= 0.3 is 6.03 Å². The second kappa shape index (κ2) is 9.94. The SMILES string of the molecule is C=COCC.NC(N)=O. The quantitative estimate of drug-likeness (QED) is 0.526. The zero-order chi connectivity index (χ0) is 7.70. The molecule has 0 aromatic rings. The van der Waals surface area contributed by atoms with Gasteiger partial charge in [-0.2, -0.15) is 0 Å². The van der Waals surface area contributed by atoms with Crippen LogP contribution in [0.2, 0.25) is 0 Å². The second-order valence-electron chi connectivity index (χ2n) is 1.02. The number of hydrogen-bond acceptors (Lipinski definition) is 2. The maximum Gasteiger partial charge on any atom is 0.309 e. The minimum atomic E-state index is -0.833. The van der Waals surface area contributed by atoms with Gasteiger partial charge in [-0.05, 0) is 6.92 Å². The Kier molecular flexibility index (Phi) is 11.8. The van der Waals surface area contributed by atoms with E-state index in [9.17, 15) is 0 Å². The van der Waals surface area contributed by atoms with E-state index >= 15 is 0 Å². The number of primary amides is 2. The van der Waals surface area contributed by atoms with Gasteiger partial charge in [0.05, 0.1) is 12.9 Å². The van der Waals surface area contributed by atoms with Gasteiger partial charge in [-0.15, -0.1) is 0 Å². The number of rotatable bonds is 2. The fourth-order valence-corrected chi connectivity index (χ4v) is 0.118. The molecule has 0 spiro atoms. The monoisotopic (exact) mass is 132 g/mol. The van der Waals surface area contributed by atoms with Crippen molar-refractivity contribution in [2.45, 2.75) is 6.92 Å². The highest BCUT2D eigenvalue weighted by Crippen LogP contribution is 1.65. The van der Waals surface area contributed by atoms with Crippen molar-refractivity contribution in [1.29, 1.82) is 0 Å². The van der Waals surface area contributed by atoms with E-state index in [1.54, 1.807) is 0 Å². The first-order chi connectivity index (χ1) is 4.15. The third-order valence-corrected chi connectivity index (χ3v) is 0.285. The maximum absolute atomic E-state index is 9.00. The summed E-state index contributed by atoms with van der Waals surface area (Å²) in [6, 6.07) is -0.833. The van der Waals surface area contributed by atoms with Gasteiger partial charge in [-0.25, -0.2) is 4.79 Å². The fraction of sp³-hybridized carbons (Fsp3) is 0.400. The molecule has 0 radical (unpaired) electrons. The molecule has 0 heterocycles. The molecule has 0 aliphatic heterocycles. The molecule has 9 heavy (non-hydrogen) atoms. The van der Waals surface area contributed by atoms with Crippen molar-refractivity contribution < 1.29 is 9.53 Å². The van der Waals surface area contributed by atoms with Crippen molar-refractivity contribution in [3.8, 4) is 0 Å². The normalized spacial score (nSPS) is 6.33. The van der Waals surface area contributed by atoms with E-state index in [0.717, 1.165) is 6.61 Å². The molecule has 4 N–H and O–H groups in total. The second-order valence-corrected chi connectivity index (χ2v) is 1.02. The van der Waals surface area contributed by atoms with Gasteiger partial charge in [0.25, 0.3) is 0 Å². The third-order valence-electron chi connectivity index (χ3n) is 0.285. The highest BCUT2D eigenvalue weighted by atomic mass is 16.5. The molecule has 0 unspecified atom stereocenters. The molecule has 54 valence electrons. The van der Waals surface area contributed by atoms with Crippen molar-refractivity contribution in [2.75, 3.05) is 6.61 Å². The highest BCUT2D eigenvalue weighted by molar-refractivity contribution is 5.69. The summed E-state index contributed by atoms with van der Waals surface area (Å²) in [6.07, 6.45) is 1.43. The van der Waals surface area contributed by atoms with Crippen LogP contribution in [0.4, 0.5) is 4.79 Å². The zero-order valence-electron chi connectivity index (χ0n) is 5.46. The molecule has 0 saturated heterocycles. The molecule has 4 heteroatoms. The van der Waals surface area contributed by atoms with E-state index in [1.165, 1.54) is 6.26 Å². The Labute approximate surface area is 54.5 Å².